The van der Waals surface area contributed by atoms with Gasteiger partial charge in [-0.05, 0) is 31.9 Å². The van der Waals surface area contributed by atoms with Crippen LogP contribution in [0.1, 0.15) is 19.8 Å². The van der Waals surface area contributed by atoms with Gasteiger partial charge >= 0.3 is 0 Å². The third kappa shape index (κ3) is 2.19. The van der Waals surface area contributed by atoms with E-state index >= 15 is 0 Å². The summed E-state index contributed by atoms with van der Waals surface area (Å²) in [4.78, 5) is 2.50. The fraction of sp³-hybridized carbons (Fsp3) is 0.600. The molecule has 0 radical (unpaired) electrons. The normalized spacial score (nSPS) is 25.9. The van der Waals surface area contributed by atoms with E-state index in [0.717, 1.165) is 18.8 Å². The number of rotatable bonds is 2. The second-order valence-electron chi connectivity index (χ2n) is 5.83. The Morgan fingerprint density at radius 2 is 2.11 bits per heavy atom. The van der Waals surface area contributed by atoms with E-state index in [-0.39, 0.29) is 0 Å². The third-order valence-corrected chi connectivity index (χ3v) is 4.23. The lowest BCUT2D eigenvalue weighted by Crippen LogP contribution is -2.35. The van der Waals surface area contributed by atoms with Crippen LogP contribution in [0.4, 0.5) is 5.69 Å². The van der Waals surface area contributed by atoms with Crippen molar-refractivity contribution < 1.29 is 4.74 Å². The largest absolute Gasteiger partial charge is 0.495 e. The van der Waals surface area contributed by atoms with Crippen LogP contribution < -0.4 is 15.0 Å². The molecule has 1 aliphatic heterocycles. The number of hydrogen-bond acceptors (Lipinski definition) is 3. The van der Waals surface area contributed by atoms with Crippen LogP contribution in [0.15, 0.2) is 24.3 Å². The Morgan fingerprint density at radius 1 is 1.33 bits per heavy atom. The standard InChI is InChI=1S/C15H22N2O/c1-12-9-17(11-15(7-8-15)10-16-12)13-5-3-4-6-14(13)18-2/h3-6,12,16H,7-11H2,1-2H3. The van der Waals surface area contributed by atoms with Crippen LogP contribution in [-0.2, 0) is 0 Å². The number of nitrogens with one attached hydrogen (secondary N) is 1. The summed E-state index contributed by atoms with van der Waals surface area (Å²) in [6.45, 7) is 5.65. The highest BCUT2D eigenvalue weighted by Gasteiger charge is 2.45. The molecule has 3 rings (SSSR count). The number of benzene rings is 1. The monoisotopic (exact) mass is 246 g/mol. The zero-order valence-corrected chi connectivity index (χ0v) is 11.3. The lowest BCUT2D eigenvalue weighted by atomic mass is 10.1. The molecule has 2 fully saturated rings. The van der Waals surface area contributed by atoms with Crippen molar-refractivity contribution in [1.29, 1.82) is 0 Å². The van der Waals surface area contributed by atoms with Crippen molar-refractivity contribution in [3.63, 3.8) is 0 Å². The van der Waals surface area contributed by atoms with Crippen molar-refractivity contribution in [2.45, 2.75) is 25.8 Å². The maximum atomic E-state index is 5.50. The van der Waals surface area contributed by atoms with E-state index in [0.29, 0.717) is 11.5 Å². The Kier molecular flexibility index (Phi) is 2.94. The van der Waals surface area contributed by atoms with E-state index in [9.17, 15) is 0 Å². The minimum absolute atomic E-state index is 0.519. The summed E-state index contributed by atoms with van der Waals surface area (Å²) in [6, 6.07) is 8.90. The van der Waals surface area contributed by atoms with Gasteiger partial charge in [-0.1, -0.05) is 12.1 Å². The first-order chi connectivity index (χ1) is 8.72. The van der Waals surface area contributed by atoms with E-state index in [1.807, 2.05) is 6.07 Å². The molecule has 3 nitrogen and oxygen atoms in total. The predicted molar refractivity (Wildman–Crippen MR) is 74.3 cm³/mol. The van der Waals surface area contributed by atoms with Crippen molar-refractivity contribution in [2.75, 3.05) is 31.6 Å². The van der Waals surface area contributed by atoms with E-state index in [2.05, 4.69) is 35.3 Å². The summed E-state index contributed by atoms with van der Waals surface area (Å²) >= 11 is 0. The van der Waals surface area contributed by atoms with Crippen molar-refractivity contribution in [3.8, 4) is 5.75 Å². The van der Waals surface area contributed by atoms with Crippen LogP contribution in [0.3, 0.4) is 0 Å². The maximum absolute atomic E-state index is 5.50. The zero-order chi connectivity index (χ0) is 12.6. The van der Waals surface area contributed by atoms with Gasteiger partial charge in [0, 0.05) is 31.1 Å². The first-order valence-corrected chi connectivity index (χ1v) is 6.84. The highest BCUT2D eigenvalue weighted by molar-refractivity contribution is 5.59. The molecule has 0 aromatic heterocycles. The molecule has 1 aromatic rings. The van der Waals surface area contributed by atoms with Gasteiger partial charge in [-0.2, -0.15) is 0 Å². The number of hydrogen-bond donors (Lipinski definition) is 1. The SMILES string of the molecule is COc1ccccc1N1CC(C)NCC2(CC2)C1. The average molecular weight is 246 g/mol. The van der Waals surface area contributed by atoms with Crippen molar-refractivity contribution in [2.24, 2.45) is 5.41 Å². The molecule has 1 N–H and O–H groups in total. The van der Waals surface area contributed by atoms with Crippen molar-refractivity contribution in [1.82, 2.24) is 5.32 Å². The van der Waals surface area contributed by atoms with Crippen LogP contribution in [0, 0.1) is 5.41 Å². The average Bonchev–Trinajstić information content (AvgIpc) is 3.18. The van der Waals surface area contributed by atoms with E-state index in [4.69, 9.17) is 4.74 Å². The van der Waals surface area contributed by atoms with Gasteiger partial charge in [-0.3, -0.25) is 0 Å². The van der Waals surface area contributed by atoms with Crippen molar-refractivity contribution in [3.05, 3.63) is 24.3 Å². The first-order valence-electron chi connectivity index (χ1n) is 6.84. The third-order valence-electron chi connectivity index (χ3n) is 4.23. The fourth-order valence-corrected chi connectivity index (χ4v) is 2.90. The summed E-state index contributed by atoms with van der Waals surface area (Å²) in [6.07, 6.45) is 2.72. The van der Waals surface area contributed by atoms with Gasteiger partial charge in [0.1, 0.15) is 5.75 Å². The molecule has 1 heterocycles. The van der Waals surface area contributed by atoms with Crippen LogP contribution >= 0.6 is 0 Å². The molecule has 18 heavy (non-hydrogen) atoms. The number of nitrogens with zero attached hydrogens (tertiary/aromatic N) is 1. The highest BCUT2D eigenvalue weighted by Crippen LogP contribution is 2.47. The van der Waals surface area contributed by atoms with Crippen LogP contribution in [0.5, 0.6) is 5.75 Å². The molecular formula is C15H22N2O. The Labute approximate surface area is 109 Å². The number of para-hydroxylation sites is 2. The number of ether oxygens (including phenoxy) is 1. The molecule has 98 valence electrons. The molecule has 2 aliphatic rings. The highest BCUT2D eigenvalue weighted by atomic mass is 16.5. The second-order valence-corrected chi connectivity index (χ2v) is 5.83. The topological polar surface area (TPSA) is 24.5 Å². The molecule has 1 aromatic carbocycles. The van der Waals surface area contributed by atoms with Gasteiger partial charge in [0.2, 0.25) is 0 Å². The second kappa shape index (κ2) is 4.47. The van der Waals surface area contributed by atoms with E-state index in [1.54, 1.807) is 7.11 Å². The number of anilines is 1. The molecule has 1 aliphatic carbocycles. The minimum Gasteiger partial charge on any atom is -0.495 e. The first kappa shape index (κ1) is 11.8. The molecule has 0 amide bonds. The molecule has 1 unspecified atom stereocenters. The molecular weight excluding hydrogens is 224 g/mol. The van der Waals surface area contributed by atoms with Gasteiger partial charge in [0.15, 0.2) is 0 Å². The summed E-state index contributed by atoms with van der Waals surface area (Å²) in [5.74, 6) is 0.988. The minimum atomic E-state index is 0.519. The van der Waals surface area contributed by atoms with Gasteiger partial charge < -0.3 is 15.0 Å². The van der Waals surface area contributed by atoms with E-state index < -0.39 is 0 Å². The molecule has 3 heteroatoms. The molecule has 1 spiro atoms. The van der Waals surface area contributed by atoms with Gasteiger partial charge in [-0.25, -0.2) is 0 Å². The molecule has 1 saturated carbocycles. The zero-order valence-electron chi connectivity index (χ0n) is 11.3. The Morgan fingerprint density at radius 3 is 2.83 bits per heavy atom. The van der Waals surface area contributed by atoms with E-state index in [1.165, 1.54) is 25.1 Å². The van der Waals surface area contributed by atoms with Gasteiger partial charge in [-0.15, -0.1) is 0 Å². The molecule has 1 saturated heterocycles. The fourth-order valence-electron chi connectivity index (χ4n) is 2.90. The smallest absolute Gasteiger partial charge is 0.142 e. The predicted octanol–water partition coefficient (Wildman–Crippen LogP) is 2.27. The molecule has 0 bridgehead atoms. The Balaban J connectivity index is 1.88. The number of methoxy groups -OCH3 is 1. The Bertz CT molecular complexity index is 428. The van der Waals surface area contributed by atoms with Crippen LogP contribution in [0.2, 0.25) is 0 Å². The lowest BCUT2D eigenvalue weighted by molar-refractivity contribution is 0.413. The summed E-state index contributed by atoms with van der Waals surface area (Å²) in [5.41, 5.74) is 1.76. The molecule has 1 atom stereocenters. The summed E-state index contributed by atoms with van der Waals surface area (Å²) in [7, 11) is 1.76. The van der Waals surface area contributed by atoms with Crippen molar-refractivity contribution >= 4 is 5.69 Å². The lowest BCUT2D eigenvalue weighted by Gasteiger charge is -2.28. The summed E-state index contributed by atoms with van der Waals surface area (Å²) < 4.78 is 5.50. The van der Waals surface area contributed by atoms with Crippen LogP contribution in [0.25, 0.3) is 0 Å². The summed E-state index contributed by atoms with van der Waals surface area (Å²) in [5, 5.41) is 3.65. The van der Waals surface area contributed by atoms with Gasteiger partial charge in [0.25, 0.3) is 0 Å². The maximum Gasteiger partial charge on any atom is 0.142 e. The quantitative estimate of drug-likeness (QED) is 0.866. The van der Waals surface area contributed by atoms with Crippen LogP contribution in [-0.4, -0.2) is 32.8 Å². The van der Waals surface area contributed by atoms with Gasteiger partial charge in [0.05, 0.1) is 12.8 Å². The Hall–Kier alpha value is -1.22.